The van der Waals surface area contributed by atoms with Gasteiger partial charge in [0.1, 0.15) is 5.75 Å². The number of fused-ring (bicyclic) bond motifs is 10. The van der Waals surface area contributed by atoms with Crippen molar-refractivity contribution in [3.63, 3.8) is 0 Å². The summed E-state index contributed by atoms with van der Waals surface area (Å²) < 4.78 is 32.9. The number of aliphatic hydroxyl groups excluding tert-OH is 5. The van der Waals surface area contributed by atoms with Crippen LogP contribution in [0.15, 0.2) is 235 Å². The highest BCUT2D eigenvalue weighted by atomic mass is 35.5. The molecule has 147 heavy (non-hydrogen) atoms. The van der Waals surface area contributed by atoms with Crippen molar-refractivity contribution in [1.29, 1.82) is 0 Å². The van der Waals surface area contributed by atoms with E-state index in [0.29, 0.717) is 167 Å². The van der Waals surface area contributed by atoms with Gasteiger partial charge in [0.25, 0.3) is 29.5 Å². The molecule has 32 heteroatoms. The number of aromatic nitrogens is 10. The smallest absolute Gasteiger partial charge is 0.259 e. The number of benzene rings is 10. The average Bonchev–Trinajstić information content (AvgIpc) is 1.58. The van der Waals surface area contributed by atoms with Crippen LogP contribution in [0.3, 0.4) is 0 Å². The van der Waals surface area contributed by atoms with Gasteiger partial charge in [0, 0.05) is 175 Å². The van der Waals surface area contributed by atoms with Gasteiger partial charge in [0.05, 0.1) is 50.7 Å². The van der Waals surface area contributed by atoms with Gasteiger partial charge in [-0.05, 0) is 218 Å². The summed E-state index contributed by atoms with van der Waals surface area (Å²) in [6.45, 7) is 11.5. The van der Waals surface area contributed by atoms with Gasteiger partial charge in [0.2, 0.25) is 58.7 Å². The summed E-state index contributed by atoms with van der Waals surface area (Å²) in [6, 6.07) is 69.9. The number of amides is 5. The molecule has 10 heterocycles. The first kappa shape index (κ1) is 98.2. The van der Waals surface area contributed by atoms with E-state index in [-0.39, 0.29) is 89.6 Å². The Morgan fingerprint density at radius 2 is 0.592 bits per heavy atom. The zero-order valence-corrected chi connectivity index (χ0v) is 83.2. The van der Waals surface area contributed by atoms with Crippen molar-refractivity contribution in [3.05, 3.63) is 290 Å². The molecule has 752 valence electrons. The number of carbonyl (C=O) groups excluding carboxylic acids is 5. The van der Waals surface area contributed by atoms with Crippen molar-refractivity contribution in [1.82, 2.24) is 75.2 Å². The zero-order chi connectivity index (χ0) is 101. The van der Waals surface area contributed by atoms with E-state index in [1.54, 1.807) is 37.7 Å². The number of hydrogen-bond donors (Lipinski definition) is 5. The van der Waals surface area contributed by atoms with Crippen LogP contribution in [0.25, 0.3) is 114 Å². The predicted octanol–water partition coefficient (Wildman–Crippen LogP) is 15.9. The minimum absolute atomic E-state index is 0.000412. The maximum absolute atomic E-state index is 12.5. The third kappa shape index (κ3) is 18.9. The number of ether oxygens (including phenoxy) is 1. The van der Waals surface area contributed by atoms with Crippen molar-refractivity contribution in [2.45, 2.75) is 151 Å². The van der Waals surface area contributed by atoms with Crippen molar-refractivity contribution in [2.75, 3.05) is 106 Å². The number of halogens is 1. The Hall–Kier alpha value is -14.9. The highest BCUT2D eigenvalue weighted by molar-refractivity contribution is 6.33. The first-order chi connectivity index (χ1) is 71.6. The summed E-state index contributed by atoms with van der Waals surface area (Å²) in [4.78, 5) is 94.4. The third-order valence-corrected chi connectivity index (χ3v) is 31.8. The van der Waals surface area contributed by atoms with E-state index in [9.17, 15) is 49.5 Å². The van der Waals surface area contributed by atoms with Crippen LogP contribution >= 0.6 is 11.6 Å². The molecule has 5 aliphatic heterocycles. The Bertz CT molecular complexity index is 7480. The number of hydrogen-bond acceptors (Lipinski definition) is 26. The second-order valence-corrected chi connectivity index (χ2v) is 40.7. The van der Waals surface area contributed by atoms with Gasteiger partial charge in [0.15, 0.2) is 0 Å². The van der Waals surface area contributed by atoms with Gasteiger partial charge in [-0.2, -0.15) is 24.9 Å². The molecule has 5 fully saturated rings. The molecule has 0 radical (unpaired) electrons. The van der Waals surface area contributed by atoms with Crippen LogP contribution < -0.4 is 4.74 Å². The van der Waals surface area contributed by atoms with Gasteiger partial charge >= 0.3 is 0 Å². The Morgan fingerprint density at radius 1 is 0.313 bits per heavy atom. The minimum Gasteiger partial charge on any atom is -0.497 e. The molecular weight excluding hydrogens is 1880 g/mol. The molecule has 5 amide bonds. The van der Waals surface area contributed by atoms with Gasteiger partial charge in [-0.25, -0.2) is 0 Å². The van der Waals surface area contributed by atoms with Crippen LogP contribution in [-0.4, -0.2) is 236 Å². The van der Waals surface area contributed by atoms with Gasteiger partial charge in [-0.3, -0.25) is 24.0 Å². The van der Waals surface area contributed by atoms with Crippen LogP contribution in [0.5, 0.6) is 5.75 Å². The summed E-state index contributed by atoms with van der Waals surface area (Å²) in [6.07, 6.45) is 12.4. The third-order valence-electron chi connectivity index (χ3n) is 31.5. The molecule has 10 aromatic carbocycles. The second kappa shape index (κ2) is 41.2. The van der Waals surface area contributed by atoms with Crippen LogP contribution in [0.4, 0.5) is 0 Å². The van der Waals surface area contributed by atoms with Crippen molar-refractivity contribution in [2.24, 2.45) is 0 Å². The lowest BCUT2D eigenvalue weighted by atomic mass is 9.80. The second-order valence-electron chi connectivity index (χ2n) is 40.3. The van der Waals surface area contributed by atoms with Crippen molar-refractivity contribution in [3.8, 4) is 120 Å². The molecule has 5 spiro atoms. The number of methoxy groups -OCH3 is 1. The van der Waals surface area contributed by atoms with E-state index in [2.05, 4.69) is 100 Å². The molecule has 5 atom stereocenters. The number of carbonyl (C=O) groups is 5. The Labute approximate surface area is 854 Å². The lowest BCUT2D eigenvalue weighted by molar-refractivity contribution is -0.128. The Morgan fingerprint density at radius 3 is 0.898 bits per heavy atom. The fourth-order valence-electron chi connectivity index (χ4n) is 24.2. The van der Waals surface area contributed by atoms with E-state index in [0.717, 1.165) is 132 Å². The van der Waals surface area contributed by atoms with E-state index in [1.165, 1.54) is 66.8 Å². The van der Waals surface area contributed by atoms with Crippen molar-refractivity contribution < 1.29 is 76.9 Å². The molecular formula is C115H114ClN15O16. The van der Waals surface area contributed by atoms with Gasteiger partial charge < -0.3 is 77.4 Å². The first-order valence-corrected chi connectivity index (χ1v) is 50.8. The number of aliphatic hydroxyl groups is 5. The normalized spacial score (nSPS) is 20.5. The highest BCUT2D eigenvalue weighted by Gasteiger charge is 2.54. The van der Waals surface area contributed by atoms with Gasteiger partial charge in [-0.15, -0.1) is 0 Å². The molecule has 0 bridgehead atoms. The Balaban J connectivity index is 0.000000108. The minimum atomic E-state index is -0.188. The number of nitrogens with zero attached hydrogens (tertiary/aromatic N) is 15. The summed E-state index contributed by atoms with van der Waals surface area (Å²) in [5, 5.41) is 68.0. The zero-order valence-electron chi connectivity index (χ0n) is 82.4. The SMILES string of the molecule is CCc1cccc(-c2nc(-c3cccc4c3CCC43CC(=O)N(CCO)C3)no2)c1.COc1ccc(-c2nc(-c3cccc4c3CCC43CC(=O)N(CCO)C3)no2)cc1.Cc1ccc(-c2nc(-c3cccc4c3CCC43CC(=O)N(CCO)C3)no2)cc1.Cc1cccc(-c2nc(-c3cccc4c3CCC43CC(=O)N(CCO)C3)no2)c1.O=C1CC2(CCc3c(-c4noc(-c5ccccc5Cl)n4)cccc32)CN1CCO. The van der Waals surface area contributed by atoms with E-state index in [4.69, 9.17) is 39.0 Å². The fourth-order valence-corrected chi connectivity index (χ4v) is 24.4. The topological polar surface area (TPSA) is 407 Å². The fraction of sp³-hybridized carbons (Fsp3) is 0.348. The van der Waals surface area contributed by atoms with E-state index < -0.39 is 0 Å². The average molecular weight is 2000 g/mol. The maximum Gasteiger partial charge on any atom is 0.259 e. The molecule has 10 aliphatic rings. The van der Waals surface area contributed by atoms with Crippen LogP contribution in [0.1, 0.15) is 143 Å². The van der Waals surface area contributed by atoms with Crippen molar-refractivity contribution >= 4 is 41.1 Å². The number of aryl methyl sites for hydroxylation is 3. The molecule has 5 N–H and O–H groups in total. The standard InChI is InChI=1S/C24H25N3O3.C23H23N3O4.2C23H23N3O3.C22H20ClN3O3/c1-2-16-5-3-6-17(13-16)23-25-22(26-30-23)19-7-4-8-20-18(19)9-10-24(20)14-21(29)27(15-24)11-12-28;1-29-16-7-5-15(6-8-16)22-24-21(25-30-22)18-3-2-4-19-17(18)9-10-23(19)13-20(28)26(14-23)11-12-27;1-15-4-2-5-16(12-15)22-24-21(25-29-22)18-6-3-7-19-17(18)8-9-23(19)13-20(28)26(14-23)10-11-27;1-15-5-7-16(8-6-15)22-24-21(25-29-22)18-3-2-4-19-17(18)9-10-23(19)13-20(28)26(14-23)11-12-27;23-18-7-2-1-4-16(18)21-24-20(25-29-21)15-5-3-6-17-14(15)8-9-22(17)12-19(28)26(13-22)10-11-27/h3-8,13,28H,2,9-12,14-15H2,1H3;2-8,27H,9-14H2,1H3;2-7,12,27H,8-11,13-14H2,1H3;2-8,27H,9-14H2,1H3;1-7,27H,8-13H2. The summed E-state index contributed by atoms with van der Waals surface area (Å²) in [5.74, 6) is 6.63. The van der Waals surface area contributed by atoms with Crippen LogP contribution in [0.2, 0.25) is 5.02 Å². The molecule has 5 saturated heterocycles. The first-order valence-electron chi connectivity index (χ1n) is 50.5. The van der Waals surface area contributed by atoms with E-state index in [1.807, 2.05) is 178 Å². The lowest BCUT2D eigenvalue weighted by Crippen LogP contribution is -2.32. The summed E-state index contributed by atoms with van der Waals surface area (Å²) >= 11 is 6.26. The van der Waals surface area contributed by atoms with Crippen LogP contribution in [0, 0.1) is 13.8 Å². The number of rotatable bonds is 22. The molecule has 15 aromatic rings. The molecule has 5 aromatic heterocycles. The molecule has 5 unspecified atom stereocenters. The monoisotopic (exact) mass is 2000 g/mol. The van der Waals surface area contributed by atoms with E-state index >= 15 is 0 Å². The maximum atomic E-state index is 12.5. The number of β-amino-alcohol motifs (C(OH)–C–C–N with tert-alkyl or cyclic N) is 5. The predicted molar refractivity (Wildman–Crippen MR) is 548 cm³/mol. The number of likely N-dealkylation sites (tertiary alicyclic amines) is 5. The highest BCUT2D eigenvalue weighted by Crippen LogP contribution is 2.55. The quantitative estimate of drug-likeness (QED) is 0.0421. The molecule has 0 saturated carbocycles. The molecule has 5 aliphatic carbocycles. The molecule has 25 rings (SSSR count). The van der Waals surface area contributed by atoms with Crippen LogP contribution in [-0.2, 0) is 89.6 Å². The molecule has 31 nitrogen and oxygen atoms in total. The van der Waals surface area contributed by atoms with Gasteiger partial charge in [-0.1, -0.05) is 195 Å². The largest absolute Gasteiger partial charge is 0.497 e. The Kier molecular flexibility index (Phi) is 27.5. The summed E-state index contributed by atoms with van der Waals surface area (Å²) in [7, 11) is 1.63. The lowest BCUT2D eigenvalue weighted by Gasteiger charge is -2.24. The summed E-state index contributed by atoms with van der Waals surface area (Å²) in [5.41, 5.74) is 23.9.